The third-order valence-electron chi connectivity index (χ3n) is 2.78. The lowest BCUT2D eigenvalue weighted by atomic mass is 9.86. The van der Waals surface area contributed by atoms with Crippen molar-refractivity contribution in [1.29, 1.82) is 0 Å². The monoisotopic (exact) mass is 169 g/mol. The van der Waals surface area contributed by atoms with Crippen LogP contribution < -0.4 is 5.32 Å². The van der Waals surface area contributed by atoms with Crippen LogP contribution in [0, 0.1) is 5.92 Å². The molecule has 2 atom stereocenters. The fraction of sp³-hybridized carbons (Fsp3) is 0.900. The van der Waals surface area contributed by atoms with Crippen LogP contribution in [0.15, 0.2) is 0 Å². The van der Waals surface area contributed by atoms with Crippen molar-refractivity contribution in [2.45, 2.75) is 52.0 Å². The third-order valence-corrected chi connectivity index (χ3v) is 2.78. The Balaban J connectivity index is 2.33. The van der Waals surface area contributed by atoms with E-state index in [2.05, 4.69) is 12.2 Å². The second-order valence-corrected chi connectivity index (χ2v) is 3.79. The van der Waals surface area contributed by atoms with Crippen LogP contribution in [0.4, 0.5) is 0 Å². The first-order chi connectivity index (χ1) is 5.74. The average molecular weight is 169 g/mol. The van der Waals surface area contributed by atoms with E-state index < -0.39 is 0 Å². The van der Waals surface area contributed by atoms with Crippen molar-refractivity contribution in [3.05, 3.63) is 0 Å². The highest BCUT2D eigenvalue weighted by molar-refractivity contribution is 5.75. The van der Waals surface area contributed by atoms with E-state index in [1.807, 2.05) is 6.92 Å². The van der Waals surface area contributed by atoms with Crippen LogP contribution in [-0.2, 0) is 4.79 Å². The van der Waals surface area contributed by atoms with Crippen LogP contribution in [0.3, 0.4) is 0 Å². The molecule has 0 bridgehead atoms. The van der Waals surface area contributed by atoms with E-state index in [0.29, 0.717) is 18.4 Å². The number of hydrogen-bond donors (Lipinski definition) is 1. The lowest BCUT2D eigenvalue weighted by molar-refractivity contribution is -0.122. The molecule has 2 nitrogen and oxygen atoms in total. The van der Waals surface area contributed by atoms with Gasteiger partial charge in [0.05, 0.1) is 0 Å². The molecule has 1 amide bonds. The van der Waals surface area contributed by atoms with Gasteiger partial charge in [0.1, 0.15) is 0 Å². The van der Waals surface area contributed by atoms with Crippen LogP contribution in [0.1, 0.15) is 46.0 Å². The zero-order chi connectivity index (χ0) is 8.97. The minimum atomic E-state index is 0.203. The SMILES string of the molecule is CCC(=O)NC1CCCCC1C. The van der Waals surface area contributed by atoms with Gasteiger partial charge in [-0.25, -0.2) is 0 Å². The van der Waals surface area contributed by atoms with Crippen LogP contribution in [0.2, 0.25) is 0 Å². The zero-order valence-corrected chi connectivity index (χ0v) is 8.10. The normalized spacial score (nSPS) is 29.8. The molecule has 2 heteroatoms. The summed E-state index contributed by atoms with van der Waals surface area (Å²) in [6.45, 7) is 4.14. The summed E-state index contributed by atoms with van der Waals surface area (Å²) in [6, 6.07) is 0.450. The Morgan fingerprint density at radius 2 is 2.08 bits per heavy atom. The molecule has 0 aromatic carbocycles. The molecule has 0 radical (unpaired) electrons. The van der Waals surface area contributed by atoms with Crippen molar-refractivity contribution in [1.82, 2.24) is 5.32 Å². The maximum absolute atomic E-state index is 11.1. The van der Waals surface area contributed by atoms with Gasteiger partial charge in [-0.05, 0) is 18.8 Å². The summed E-state index contributed by atoms with van der Waals surface area (Å²) in [7, 11) is 0. The highest BCUT2D eigenvalue weighted by Gasteiger charge is 2.21. The molecule has 1 fully saturated rings. The molecule has 1 aliphatic carbocycles. The van der Waals surface area contributed by atoms with Gasteiger partial charge < -0.3 is 5.32 Å². The summed E-state index contributed by atoms with van der Waals surface area (Å²) >= 11 is 0. The van der Waals surface area contributed by atoms with Gasteiger partial charge in [-0.3, -0.25) is 4.79 Å². The molecule has 0 aliphatic heterocycles. The summed E-state index contributed by atoms with van der Waals surface area (Å²) in [5, 5.41) is 3.08. The minimum absolute atomic E-state index is 0.203. The molecule has 1 rings (SSSR count). The van der Waals surface area contributed by atoms with Crippen LogP contribution in [0.5, 0.6) is 0 Å². The lowest BCUT2D eigenvalue weighted by Crippen LogP contribution is -2.40. The van der Waals surface area contributed by atoms with Gasteiger partial charge in [0.2, 0.25) is 5.91 Å². The van der Waals surface area contributed by atoms with Crippen LogP contribution in [-0.4, -0.2) is 11.9 Å². The van der Waals surface area contributed by atoms with Crippen molar-refractivity contribution in [2.24, 2.45) is 5.92 Å². The van der Waals surface area contributed by atoms with E-state index >= 15 is 0 Å². The molecule has 0 aromatic heterocycles. The van der Waals surface area contributed by atoms with Crippen molar-refractivity contribution < 1.29 is 4.79 Å². The second kappa shape index (κ2) is 4.48. The quantitative estimate of drug-likeness (QED) is 0.673. The summed E-state index contributed by atoms with van der Waals surface area (Å²) in [5.74, 6) is 0.878. The fourth-order valence-corrected chi connectivity index (χ4v) is 1.84. The minimum Gasteiger partial charge on any atom is -0.353 e. The van der Waals surface area contributed by atoms with Gasteiger partial charge >= 0.3 is 0 Å². The highest BCUT2D eigenvalue weighted by Crippen LogP contribution is 2.23. The topological polar surface area (TPSA) is 29.1 Å². The number of amides is 1. The first-order valence-corrected chi connectivity index (χ1v) is 5.03. The number of nitrogens with one attached hydrogen (secondary N) is 1. The van der Waals surface area contributed by atoms with Crippen molar-refractivity contribution in [2.75, 3.05) is 0 Å². The highest BCUT2D eigenvalue weighted by atomic mass is 16.1. The summed E-state index contributed by atoms with van der Waals surface area (Å²) in [5.41, 5.74) is 0. The van der Waals surface area contributed by atoms with E-state index in [0.717, 1.165) is 0 Å². The maximum atomic E-state index is 11.1. The van der Waals surface area contributed by atoms with Gasteiger partial charge in [0.25, 0.3) is 0 Å². The molecule has 70 valence electrons. The first-order valence-electron chi connectivity index (χ1n) is 5.03. The fourth-order valence-electron chi connectivity index (χ4n) is 1.84. The largest absolute Gasteiger partial charge is 0.353 e. The van der Waals surface area contributed by atoms with Gasteiger partial charge in [-0.2, -0.15) is 0 Å². The van der Waals surface area contributed by atoms with Crippen molar-refractivity contribution in [3.8, 4) is 0 Å². The molecule has 1 N–H and O–H groups in total. The van der Waals surface area contributed by atoms with Crippen molar-refractivity contribution >= 4 is 5.91 Å². The number of carbonyl (C=O) groups excluding carboxylic acids is 1. The molecule has 0 saturated heterocycles. The predicted octanol–water partition coefficient (Wildman–Crippen LogP) is 2.09. The molecule has 0 spiro atoms. The predicted molar refractivity (Wildman–Crippen MR) is 49.9 cm³/mol. The number of hydrogen-bond acceptors (Lipinski definition) is 1. The number of carbonyl (C=O) groups is 1. The molecule has 0 heterocycles. The van der Waals surface area contributed by atoms with Gasteiger partial charge in [0, 0.05) is 12.5 Å². The molecule has 0 aromatic rings. The Labute approximate surface area is 74.7 Å². The summed E-state index contributed by atoms with van der Waals surface area (Å²) in [4.78, 5) is 11.1. The van der Waals surface area contributed by atoms with Crippen LogP contribution in [0.25, 0.3) is 0 Å². The molecular weight excluding hydrogens is 150 g/mol. The first kappa shape index (κ1) is 9.56. The van der Waals surface area contributed by atoms with Crippen molar-refractivity contribution in [3.63, 3.8) is 0 Å². The van der Waals surface area contributed by atoms with E-state index in [4.69, 9.17) is 0 Å². The summed E-state index contributed by atoms with van der Waals surface area (Å²) in [6.07, 6.45) is 5.67. The standard InChI is InChI=1S/C10H19NO/c1-3-10(12)11-9-7-5-4-6-8(9)2/h8-9H,3-7H2,1-2H3,(H,11,12). The van der Waals surface area contributed by atoms with Gasteiger partial charge in [-0.15, -0.1) is 0 Å². The molecule has 1 aliphatic rings. The van der Waals surface area contributed by atoms with Gasteiger partial charge in [-0.1, -0.05) is 26.7 Å². The van der Waals surface area contributed by atoms with Crippen LogP contribution >= 0.6 is 0 Å². The van der Waals surface area contributed by atoms with E-state index in [1.54, 1.807) is 0 Å². The van der Waals surface area contributed by atoms with E-state index in [1.165, 1.54) is 25.7 Å². The van der Waals surface area contributed by atoms with Gasteiger partial charge in [0.15, 0.2) is 0 Å². The second-order valence-electron chi connectivity index (χ2n) is 3.79. The molecule has 1 saturated carbocycles. The smallest absolute Gasteiger partial charge is 0.219 e. The maximum Gasteiger partial charge on any atom is 0.219 e. The Morgan fingerprint density at radius 1 is 1.42 bits per heavy atom. The molecular formula is C10H19NO. The van der Waals surface area contributed by atoms with E-state index in [-0.39, 0.29) is 5.91 Å². The Hall–Kier alpha value is -0.530. The number of rotatable bonds is 2. The lowest BCUT2D eigenvalue weighted by Gasteiger charge is -2.29. The van der Waals surface area contributed by atoms with E-state index in [9.17, 15) is 4.79 Å². The summed E-state index contributed by atoms with van der Waals surface area (Å²) < 4.78 is 0. The Morgan fingerprint density at radius 3 is 2.67 bits per heavy atom. The molecule has 12 heavy (non-hydrogen) atoms. The Bertz CT molecular complexity index is 156. The molecule has 2 unspecified atom stereocenters. The average Bonchev–Trinajstić information content (AvgIpc) is 2.09. The zero-order valence-electron chi connectivity index (χ0n) is 8.10. The third kappa shape index (κ3) is 2.50. The Kier molecular flexibility index (Phi) is 3.57.